The van der Waals surface area contributed by atoms with Gasteiger partial charge < -0.3 is 18.0 Å². The van der Waals surface area contributed by atoms with E-state index in [1.165, 1.54) is 19.3 Å². The van der Waals surface area contributed by atoms with E-state index in [0.29, 0.717) is 6.42 Å². The topological polar surface area (TPSA) is 77.8 Å². The molecule has 0 aromatic carbocycles. The van der Waals surface area contributed by atoms with Gasteiger partial charge in [-0.2, -0.15) is 0 Å². The van der Waals surface area contributed by atoms with E-state index in [1.54, 1.807) is 0 Å². The minimum absolute atomic E-state index is 0. The van der Waals surface area contributed by atoms with Gasteiger partial charge in [-0.3, -0.25) is 9.59 Å². The Labute approximate surface area is 161 Å². The second-order valence-electron chi connectivity index (χ2n) is 4.63. The first-order valence-electron chi connectivity index (χ1n) is 6.29. The number of likely N-dealkylation sites (tertiary alicyclic amines) is 1. The maximum absolute atomic E-state index is 10.6. The van der Waals surface area contributed by atoms with E-state index in [0.717, 1.165) is 26.1 Å². The van der Waals surface area contributed by atoms with Gasteiger partial charge in [0.25, 0.3) is 0 Å². The van der Waals surface area contributed by atoms with Crippen LogP contribution in [0.5, 0.6) is 0 Å². The molecule has 0 unspecified atom stereocenters. The second-order valence-corrected chi connectivity index (χ2v) is 4.63. The van der Waals surface area contributed by atoms with Crippen LogP contribution in [0.2, 0.25) is 0 Å². The van der Waals surface area contributed by atoms with Crippen LogP contribution in [0.3, 0.4) is 0 Å². The second kappa shape index (κ2) is 12.6. The summed E-state index contributed by atoms with van der Waals surface area (Å²) in [5.74, 6) is -3.69. The Kier molecular flexibility index (Phi) is 14.7. The van der Waals surface area contributed by atoms with Gasteiger partial charge in [0.15, 0.2) is 5.92 Å². The van der Waals surface area contributed by atoms with E-state index < -0.39 is 17.9 Å². The molecule has 0 aliphatic carbocycles. The smallest absolute Gasteiger partial charge is 1.00 e. The van der Waals surface area contributed by atoms with Crippen LogP contribution < -0.4 is 59.1 Å². The molecule has 1 rings (SSSR count). The molecular weight excluding hydrogens is 268 g/mol. The first kappa shape index (κ1) is 22.2. The predicted molar refractivity (Wildman–Crippen MR) is 65.1 cm³/mol. The van der Waals surface area contributed by atoms with Gasteiger partial charge >= 0.3 is 71.1 Å². The molecule has 0 aromatic rings. The first-order valence-corrected chi connectivity index (χ1v) is 6.29. The predicted octanol–water partition coefficient (Wildman–Crippen LogP) is -4.34. The summed E-state index contributed by atoms with van der Waals surface area (Å²) in [6.07, 6.45) is 5.58. The third kappa shape index (κ3) is 9.45. The van der Waals surface area contributed by atoms with E-state index in [1.807, 2.05) is 0 Å². The fourth-order valence-corrected chi connectivity index (χ4v) is 2.22. The van der Waals surface area contributed by atoms with Gasteiger partial charge in [-0.25, -0.2) is 0 Å². The molecule has 0 aromatic heterocycles. The molecule has 0 atom stereocenters. The number of aliphatic carboxylic acids is 2. The largest absolute Gasteiger partial charge is 1.00 e. The van der Waals surface area contributed by atoms with Gasteiger partial charge in [-0.05, 0) is 45.3 Å². The zero-order valence-corrected chi connectivity index (χ0v) is 16.1. The third-order valence-corrected chi connectivity index (χ3v) is 3.26. The molecule has 102 valence electrons. The van der Waals surface area contributed by atoms with Crippen molar-refractivity contribution in [2.24, 2.45) is 5.92 Å². The number of nitrogens with zero attached hydrogens (tertiary/aromatic N) is 1. The van der Waals surface area contributed by atoms with E-state index in [4.69, 9.17) is 10.2 Å². The molecule has 7 heteroatoms. The van der Waals surface area contributed by atoms with Crippen molar-refractivity contribution in [3.05, 3.63) is 0 Å². The number of carbonyl (C=O) groups is 2. The van der Waals surface area contributed by atoms with Gasteiger partial charge in [0, 0.05) is 0 Å². The molecule has 0 spiro atoms. The monoisotopic (exact) mass is 291 g/mol. The van der Waals surface area contributed by atoms with Crippen molar-refractivity contribution in [3.63, 3.8) is 0 Å². The molecule has 0 radical (unpaired) electrons. The Hall–Kier alpha value is 0.900. The number of piperidine rings is 1. The summed E-state index contributed by atoms with van der Waals surface area (Å²) in [6.45, 7) is 3.22. The average Bonchev–Trinajstić information content (AvgIpc) is 2.29. The van der Waals surface area contributed by atoms with Gasteiger partial charge in [0.05, 0.1) is 0 Å². The Bertz CT molecular complexity index is 266. The summed E-state index contributed by atoms with van der Waals surface area (Å²) in [4.78, 5) is 23.7. The van der Waals surface area contributed by atoms with Crippen LogP contribution in [0.4, 0.5) is 0 Å². The van der Waals surface area contributed by atoms with Crippen LogP contribution in [0, 0.1) is 5.92 Å². The summed E-state index contributed by atoms with van der Waals surface area (Å²) >= 11 is 0. The maximum Gasteiger partial charge on any atom is 1.00 e. The minimum Gasteiger partial charge on any atom is -1.00 e. The number of hydrogen-bond acceptors (Lipinski definition) is 3. The van der Waals surface area contributed by atoms with Crippen molar-refractivity contribution in [1.29, 1.82) is 0 Å². The van der Waals surface area contributed by atoms with Gasteiger partial charge in [-0.15, -0.1) is 0 Å². The van der Waals surface area contributed by atoms with E-state index in [2.05, 4.69) is 4.90 Å². The van der Waals surface area contributed by atoms with Crippen LogP contribution in [-0.4, -0.2) is 46.7 Å². The molecule has 1 heterocycles. The Morgan fingerprint density at radius 1 is 1.00 bits per heavy atom. The van der Waals surface area contributed by atoms with E-state index >= 15 is 0 Å². The van der Waals surface area contributed by atoms with Gasteiger partial charge in [0.1, 0.15) is 0 Å². The quantitative estimate of drug-likeness (QED) is 0.282. The number of unbranched alkanes of at least 4 members (excludes halogenated alkanes) is 1. The van der Waals surface area contributed by atoms with E-state index in [9.17, 15) is 9.59 Å². The van der Waals surface area contributed by atoms with Crippen LogP contribution in [0.15, 0.2) is 0 Å². The average molecular weight is 291 g/mol. The van der Waals surface area contributed by atoms with Gasteiger partial charge in [-0.1, -0.05) is 12.8 Å². The molecule has 1 saturated heterocycles. The summed E-state index contributed by atoms with van der Waals surface area (Å²) in [6, 6.07) is 0. The zero-order chi connectivity index (χ0) is 12.7. The molecule has 0 saturated carbocycles. The molecule has 1 aliphatic heterocycles. The van der Waals surface area contributed by atoms with Crippen molar-refractivity contribution < 1.29 is 81.8 Å². The third-order valence-electron chi connectivity index (χ3n) is 3.26. The van der Waals surface area contributed by atoms with Crippen molar-refractivity contribution in [3.8, 4) is 0 Å². The molecular formula is C12H23NNa2O4. The molecule has 19 heavy (non-hydrogen) atoms. The number of rotatable bonds is 7. The Morgan fingerprint density at radius 3 is 2.00 bits per heavy atom. The fraction of sp³-hybridized carbons (Fsp3) is 0.833. The molecule has 1 aliphatic rings. The SMILES string of the molecule is O=C(O)C(CCCCN1CCCCC1)C(=O)O.[H-].[H-].[Na+].[Na+]. The maximum atomic E-state index is 10.6. The van der Waals surface area contributed by atoms with Crippen LogP contribution in [-0.2, 0) is 9.59 Å². The molecule has 0 amide bonds. The van der Waals surface area contributed by atoms with Crippen molar-refractivity contribution in [2.45, 2.75) is 38.5 Å². The number of hydrogen-bond donors (Lipinski definition) is 2. The van der Waals surface area contributed by atoms with Crippen LogP contribution >= 0.6 is 0 Å². The summed E-state index contributed by atoms with van der Waals surface area (Å²) < 4.78 is 0. The van der Waals surface area contributed by atoms with Crippen molar-refractivity contribution >= 4 is 11.9 Å². The normalized spacial score (nSPS) is 15.4. The number of carboxylic acid groups (broad SMARTS) is 2. The fourth-order valence-electron chi connectivity index (χ4n) is 2.22. The first-order chi connectivity index (χ1) is 8.11. The Balaban J connectivity index is -0.000000361. The minimum atomic E-state index is -1.24. The van der Waals surface area contributed by atoms with Gasteiger partial charge in [0.2, 0.25) is 0 Å². The molecule has 5 nitrogen and oxygen atoms in total. The summed E-state index contributed by atoms with van der Waals surface area (Å²) in [5, 5.41) is 17.4. The molecule has 1 fully saturated rings. The molecule has 2 N–H and O–H groups in total. The van der Waals surface area contributed by atoms with Crippen molar-refractivity contribution in [2.75, 3.05) is 19.6 Å². The van der Waals surface area contributed by atoms with E-state index in [-0.39, 0.29) is 68.4 Å². The summed E-state index contributed by atoms with van der Waals surface area (Å²) in [7, 11) is 0. The Morgan fingerprint density at radius 2 is 1.53 bits per heavy atom. The molecule has 0 bridgehead atoms. The standard InChI is InChI=1S/C12H21NO4.2Na.2H/c14-11(15)10(12(16)17)6-2-5-9-13-7-3-1-4-8-13;;;;/h10H,1-9H2,(H,14,15)(H,16,17);;;;/q;2*+1;2*-1. The van der Waals surface area contributed by atoms with Crippen LogP contribution in [0.25, 0.3) is 0 Å². The number of carboxylic acids is 2. The zero-order valence-electron chi connectivity index (χ0n) is 14.1. The van der Waals surface area contributed by atoms with Crippen molar-refractivity contribution in [1.82, 2.24) is 4.90 Å². The van der Waals surface area contributed by atoms with Crippen LogP contribution in [0.1, 0.15) is 41.4 Å². The summed E-state index contributed by atoms with van der Waals surface area (Å²) in [5.41, 5.74) is 0.